The topological polar surface area (TPSA) is 26.0 Å². The summed E-state index contributed by atoms with van der Waals surface area (Å²) < 4.78 is 1.27. The van der Waals surface area contributed by atoms with Crippen LogP contribution >= 0.6 is 23.6 Å². The highest BCUT2D eigenvalue weighted by atomic mass is 32.1. The van der Waals surface area contributed by atoms with Crippen LogP contribution in [0, 0.1) is 0 Å². The van der Waals surface area contributed by atoms with E-state index in [0.29, 0.717) is 0 Å². The molecule has 1 nitrogen and oxygen atoms in total. The third-order valence-corrected chi connectivity index (χ3v) is 3.29. The van der Waals surface area contributed by atoms with Crippen molar-refractivity contribution in [2.75, 3.05) is 0 Å². The van der Waals surface area contributed by atoms with E-state index in [-0.39, 0.29) is 6.04 Å². The summed E-state index contributed by atoms with van der Waals surface area (Å²) in [5.74, 6) is 0. The minimum Gasteiger partial charge on any atom is -0.320 e. The van der Waals surface area contributed by atoms with E-state index in [4.69, 9.17) is 18.0 Å². The van der Waals surface area contributed by atoms with Crippen molar-refractivity contribution in [1.82, 2.24) is 0 Å². The van der Waals surface area contributed by atoms with Crippen LogP contribution in [0.2, 0.25) is 0 Å². The van der Waals surface area contributed by atoms with Crippen molar-refractivity contribution in [1.29, 1.82) is 0 Å². The number of fused-ring (bicyclic) bond motifs is 1. The van der Waals surface area contributed by atoms with Gasteiger partial charge in [-0.2, -0.15) is 0 Å². The monoisotopic (exact) mass is 207 g/mol. The summed E-state index contributed by atoms with van der Waals surface area (Å²) in [4.78, 5) is 0. The van der Waals surface area contributed by atoms with E-state index in [0.717, 1.165) is 5.56 Å². The highest BCUT2D eigenvalue weighted by Crippen LogP contribution is 2.28. The van der Waals surface area contributed by atoms with Crippen LogP contribution in [-0.2, 0) is 0 Å². The van der Waals surface area contributed by atoms with Gasteiger partial charge in [0, 0.05) is 10.1 Å². The summed E-state index contributed by atoms with van der Waals surface area (Å²) in [6, 6.07) is 8.12. The van der Waals surface area contributed by atoms with E-state index < -0.39 is 0 Å². The molecule has 0 radical (unpaired) electrons. The van der Waals surface area contributed by atoms with Crippen molar-refractivity contribution < 1.29 is 0 Å². The van der Waals surface area contributed by atoms with Gasteiger partial charge in [0.15, 0.2) is 0 Å². The first-order valence-electron chi connectivity index (χ1n) is 4.00. The van der Waals surface area contributed by atoms with E-state index >= 15 is 0 Å². The standard InChI is InChI=1S/C10H9NS2/c11-9(5-12)8-6-13-10-4-2-1-3-7(8)10/h1-6,9H,11H2. The Morgan fingerprint density at radius 2 is 2.15 bits per heavy atom. The molecule has 0 aliphatic heterocycles. The lowest BCUT2D eigenvalue weighted by atomic mass is 10.1. The smallest absolute Gasteiger partial charge is 0.0599 e. The van der Waals surface area contributed by atoms with Crippen LogP contribution in [-0.4, -0.2) is 5.37 Å². The number of thiophene rings is 1. The Hall–Kier alpha value is -0.770. The Morgan fingerprint density at radius 1 is 1.38 bits per heavy atom. The molecule has 1 heterocycles. The maximum Gasteiger partial charge on any atom is 0.0599 e. The van der Waals surface area contributed by atoms with Gasteiger partial charge in [-0.1, -0.05) is 30.4 Å². The summed E-state index contributed by atoms with van der Waals surface area (Å²) in [6.45, 7) is 0. The molecule has 2 aromatic rings. The second kappa shape index (κ2) is 3.54. The van der Waals surface area contributed by atoms with Crippen LogP contribution in [0.3, 0.4) is 0 Å². The van der Waals surface area contributed by atoms with E-state index in [2.05, 4.69) is 17.5 Å². The minimum absolute atomic E-state index is 0.119. The summed E-state index contributed by atoms with van der Waals surface area (Å²) in [5, 5.41) is 4.91. The molecule has 0 aliphatic rings. The molecule has 1 unspecified atom stereocenters. The number of hydrogen-bond acceptors (Lipinski definition) is 3. The summed E-state index contributed by atoms with van der Waals surface area (Å²) >= 11 is 6.55. The van der Waals surface area contributed by atoms with Gasteiger partial charge in [-0.3, -0.25) is 0 Å². The Morgan fingerprint density at radius 3 is 2.92 bits per heavy atom. The zero-order valence-electron chi connectivity index (χ0n) is 6.94. The van der Waals surface area contributed by atoms with Crippen molar-refractivity contribution in [3.8, 4) is 0 Å². The average molecular weight is 207 g/mol. The van der Waals surface area contributed by atoms with Crippen molar-refractivity contribution in [3.05, 3.63) is 35.2 Å². The molecule has 0 amide bonds. The summed E-state index contributed by atoms with van der Waals surface area (Å²) in [5.41, 5.74) is 6.99. The first kappa shape index (κ1) is 8.81. The Labute approximate surface area is 86.2 Å². The molecule has 0 saturated heterocycles. The molecule has 1 aromatic heterocycles. The molecule has 0 spiro atoms. The fourth-order valence-electron chi connectivity index (χ4n) is 1.33. The number of rotatable bonds is 2. The molecule has 13 heavy (non-hydrogen) atoms. The quantitative estimate of drug-likeness (QED) is 0.766. The Balaban J connectivity index is 2.64. The van der Waals surface area contributed by atoms with E-state index in [9.17, 15) is 0 Å². The van der Waals surface area contributed by atoms with Gasteiger partial charge in [-0.15, -0.1) is 11.3 Å². The van der Waals surface area contributed by atoms with Gasteiger partial charge < -0.3 is 5.73 Å². The predicted molar refractivity (Wildman–Crippen MR) is 62.4 cm³/mol. The predicted octanol–water partition coefficient (Wildman–Crippen LogP) is 2.90. The molecule has 1 atom stereocenters. The van der Waals surface area contributed by atoms with Crippen LogP contribution in [0.15, 0.2) is 29.6 Å². The molecule has 0 bridgehead atoms. The van der Waals surface area contributed by atoms with Gasteiger partial charge in [-0.25, -0.2) is 0 Å². The van der Waals surface area contributed by atoms with Gasteiger partial charge in [0.05, 0.1) is 6.04 Å². The third-order valence-electron chi connectivity index (χ3n) is 2.02. The Bertz CT molecular complexity index is 433. The molecule has 0 aliphatic carbocycles. The number of hydrogen-bond donors (Lipinski definition) is 1. The van der Waals surface area contributed by atoms with Crippen LogP contribution < -0.4 is 5.73 Å². The zero-order chi connectivity index (χ0) is 9.26. The van der Waals surface area contributed by atoms with Crippen molar-refractivity contribution >= 4 is 39.0 Å². The largest absolute Gasteiger partial charge is 0.320 e. The highest BCUT2D eigenvalue weighted by Gasteiger charge is 2.07. The maximum absolute atomic E-state index is 5.85. The van der Waals surface area contributed by atoms with Crippen LogP contribution in [0.4, 0.5) is 0 Å². The van der Waals surface area contributed by atoms with Crippen LogP contribution in [0.1, 0.15) is 11.6 Å². The summed E-state index contributed by atoms with van der Waals surface area (Å²) in [7, 11) is 0. The van der Waals surface area contributed by atoms with Gasteiger partial charge >= 0.3 is 0 Å². The fourth-order valence-corrected chi connectivity index (χ4v) is 2.48. The first-order chi connectivity index (χ1) is 6.33. The molecule has 3 heteroatoms. The zero-order valence-corrected chi connectivity index (χ0v) is 8.57. The SMILES string of the molecule is NC(C=S)c1csc2ccccc12. The lowest BCUT2D eigenvalue weighted by Gasteiger charge is -2.02. The van der Waals surface area contributed by atoms with Crippen molar-refractivity contribution in [3.63, 3.8) is 0 Å². The molecular weight excluding hydrogens is 198 g/mol. The second-order valence-corrected chi connectivity index (χ2v) is 4.03. The van der Waals surface area contributed by atoms with E-state index in [1.807, 2.05) is 12.1 Å². The van der Waals surface area contributed by atoms with E-state index in [1.54, 1.807) is 16.7 Å². The minimum atomic E-state index is -0.119. The van der Waals surface area contributed by atoms with Gasteiger partial charge in [0.2, 0.25) is 0 Å². The van der Waals surface area contributed by atoms with Crippen molar-refractivity contribution in [2.24, 2.45) is 5.73 Å². The first-order valence-corrected chi connectivity index (χ1v) is 5.35. The second-order valence-electron chi connectivity index (χ2n) is 2.85. The molecule has 1 aromatic carbocycles. The number of nitrogens with two attached hydrogens (primary N) is 1. The number of benzene rings is 1. The van der Waals surface area contributed by atoms with Crippen LogP contribution in [0.25, 0.3) is 10.1 Å². The number of thiocarbonyl (C=S) groups is 1. The Kier molecular flexibility index (Phi) is 2.40. The highest BCUT2D eigenvalue weighted by molar-refractivity contribution is 7.79. The molecular formula is C10H9NS2. The molecule has 0 saturated carbocycles. The van der Waals surface area contributed by atoms with Gasteiger partial charge in [0.1, 0.15) is 0 Å². The maximum atomic E-state index is 5.85. The fraction of sp³-hybridized carbons (Fsp3) is 0.100. The van der Waals surface area contributed by atoms with Crippen LogP contribution in [0.5, 0.6) is 0 Å². The van der Waals surface area contributed by atoms with E-state index in [1.165, 1.54) is 10.1 Å². The van der Waals surface area contributed by atoms with Gasteiger partial charge in [-0.05, 0) is 22.4 Å². The third kappa shape index (κ3) is 1.50. The van der Waals surface area contributed by atoms with Gasteiger partial charge in [0.25, 0.3) is 0 Å². The molecule has 2 N–H and O–H groups in total. The molecule has 0 fully saturated rings. The normalized spacial score (nSPS) is 13.0. The lowest BCUT2D eigenvalue weighted by molar-refractivity contribution is 1.02. The van der Waals surface area contributed by atoms with Crippen molar-refractivity contribution in [2.45, 2.75) is 6.04 Å². The summed E-state index contributed by atoms with van der Waals surface area (Å²) in [6.07, 6.45) is 0. The average Bonchev–Trinajstić information content (AvgIpc) is 2.60. The lowest BCUT2D eigenvalue weighted by Crippen LogP contribution is -2.09. The molecule has 66 valence electrons. The molecule has 2 rings (SSSR count).